The number of aryl methyl sites for hydroxylation is 1. The normalized spacial score (nSPS) is 8.82. The standard InChI is InChI=1S/C6H5N3OS/c1-4-2-5(10)9-6(8-4)7-3-11/h2H,1H3,(H,8,9,10). The highest BCUT2D eigenvalue weighted by molar-refractivity contribution is 7.78. The summed E-state index contributed by atoms with van der Waals surface area (Å²) in [6.45, 7) is 1.71. The van der Waals surface area contributed by atoms with Gasteiger partial charge in [-0.15, -0.1) is 0 Å². The molecule has 1 N–H and O–H groups in total. The number of H-pyrrole nitrogens is 1. The van der Waals surface area contributed by atoms with Crippen molar-refractivity contribution in [3.8, 4) is 0 Å². The highest BCUT2D eigenvalue weighted by atomic mass is 32.1. The molecule has 0 spiro atoms. The van der Waals surface area contributed by atoms with Crippen LogP contribution in [0.4, 0.5) is 5.95 Å². The zero-order valence-electron chi connectivity index (χ0n) is 5.79. The Morgan fingerprint density at radius 2 is 2.55 bits per heavy atom. The number of thiocarbonyl (C=S) groups is 1. The molecule has 11 heavy (non-hydrogen) atoms. The number of isothiocyanates is 1. The van der Waals surface area contributed by atoms with Gasteiger partial charge in [0, 0.05) is 11.8 Å². The first-order chi connectivity index (χ1) is 5.22. The van der Waals surface area contributed by atoms with Crippen LogP contribution in [0.5, 0.6) is 0 Å². The topological polar surface area (TPSA) is 58.1 Å². The molecule has 0 aliphatic rings. The predicted octanol–water partition coefficient (Wildman–Crippen LogP) is 0.813. The van der Waals surface area contributed by atoms with Gasteiger partial charge < -0.3 is 0 Å². The molecule has 0 aromatic carbocycles. The van der Waals surface area contributed by atoms with E-state index in [2.05, 4.69) is 32.3 Å². The number of aromatic nitrogens is 2. The average molecular weight is 167 g/mol. The van der Waals surface area contributed by atoms with E-state index in [1.54, 1.807) is 6.92 Å². The fourth-order valence-corrected chi connectivity index (χ4v) is 0.746. The lowest BCUT2D eigenvalue weighted by Gasteiger charge is -1.90. The van der Waals surface area contributed by atoms with Gasteiger partial charge in [0.25, 0.3) is 5.56 Å². The van der Waals surface area contributed by atoms with Gasteiger partial charge in [0.15, 0.2) is 0 Å². The summed E-state index contributed by atoms with van der Waals surface area (Å²) in [5, 5.41) is 2.11. The quantitative estimate of drug-likeness (QED) is 0.497. The van der Waals surface area contributed by atoms with Crippen LogP contribution in [0.1, 0.15) is 5.69 Å². The van der Waals surface area contributed by atoms with Crippen molar-refractivity contribution in [2.24, 2.45) is 4.99 Å². The molecule has 0 fully saturated rings. The monoisotopic (exact) mass is 167 g/mol. The maximum Gasteiger partial charge on any atom is 0.252 e. The van der Waals surface area contributed by atoms with Gasteiger partial charge in [-0.3, -0.25) is 9.78 Å². The van der Waals surface area contributed by atoms with E-state index in [4.69, 9.17) is 0 Å². The second-order valence-electron chi connectivity index (χ2n) is 1.91. The van der Waals surface area contributed by atoms with E-state index in [0.717, 1.165) is 0 Å². The Bertz CT molecular complexity index is 364. The minimum absolute atomic E-state index is 0.199. The Morgan fingerprint density at radius 1 is 1.82 bits per heavy atom. The molecular weight excluding hydrogens is 162 g/mol. The molecule has 0 unspecified atom stereocenters. The van der Waals surface area contributed by atoms with Gasteiger partial charge in [-0.1, -0.05) is 0 Å². The van der Waals surface area contributed by atoms with E-state index in [-0.39, 0.29) is 11.5 Å². The third kappa shape index (κ3) is 2.07. The molecule has 0 radical (unpaired) electrons. The first-order valence-electron chi connectivity index (χ1n) is 2.88. The van der Waals surface area contributed by atoms with Crippen molar-refractivity contribution in [3.63, 3.8) is 0 Å². The molecule has 1 aromatic heterocycles. The van der Waals surface area contributed by atoms with Crippen LogP contribution >= 0.6 is 12.2 Å². The average Bonchev–Trinajstić information content (AvgIpc) is 1.85. The lowest BCUT2D eigenvalue weighted by molar-refractivity contribution is 1.05. The summed E-state index contributed by atoms with van der Waals surface area (Å²) in [7, 11) is 0. The predicted molar refractivity (Wildman–Crippen MR) is 44.3 cm³/mol. The molecule has 0 saturated carbocycles. The van der Waals surface area contributed by atoms with E-state index in [1.165, 1.54) is 6.07 Å². The molecule has 4 nitrogen and oxygen atoms in total. The van der Waals surface area contributed by atoms with Crippen LogP contribution in [0, 0.1) is 6.92 Å². The van der Waals surface area contributed by atoms with Crippen molar-refractivity contribution in [1.82, 2.24) is 9.97 Å². The van der Waals surface area contributed by atoms with Crippen LogP contribution in [0.3, 0.4) is 0 Å². The Balaban J connectivity index is 3.29. The summed E-state index contributed by atoms with van der Waals surface area (Å²) in [4.78, 5) is 20.6. The lowest BCUT2D eigenvalue weighted by atomic mass is 10.5. The molecule has 0 saturated heterocycles. The Morgan fingerprint density at radius 3 is 3.09 bits per heavy atom. The number of nitrogens with one attached hydrogen (secondary N) is 1. The van der Waals surface area contributed by atoms with Gasteiger partial charge >= 0.3 is 0 Å². The maximum atomic E-state index is 10.8. The van der Waals surface area contributed by atoms with Gasteiger partial charge in [-0.05, 0) is 19.1 Å². The highest BCUT2D eigenvalue weighted by Crippen LogP contribution is 1.97. The SMILES string of the molecule is Cc1cc(=O)[nH]c(N=C=S)n1. The number of nitrogens with zero attached hydrogens (tertiary/aromatic N) is 2. The summed E-state index contributed by atoms with van der Waals surface area (Å²) < 4.78 is 0. The minimum atomic E-state index is -0.235. The summed E-state index contributed by atoms with van der Waals surface area (Å²) in [6.07, 6.45) is 0. The fraction of sp³-hybridized carbons (Fsp3) is 0.167. The maximum absolute atomic E-state index is 10.8. The zero-order valence-corrected chi connectivity index (χ0v) is 6.60. The van der Waals surface area contributed by atoms with Crippen LogP contribution in [-0.2, 0) is 0 Å². The van der Waals surface area contributed by atoms with Gasteiger partial charge in [0.05, 0.1) is 5.16 Å². The van der Waals surface area contributed by atoms with Crippen molar-refractivity contribution in [2.45, 2.75) is 6.92 Å². The molecule has 56 valence electrons. The van der Waals surface area contributed by atoms with E-state index in [0.29, 0.717) is 5.69 Å². The third-order valence-corrected chi connectivity index (χ3v) is 1.10. The van der Waals surface area contributed by atoms with Gasteiger partial charge in [-0.25, -0.2) is 4.98 Å². The van der Waals surface area contributed by atoms with Crippen LogP contribution in [0.2, 0.25) is 0 Å². The molecule has 1 aromatic rings. The third-order valence-electron chi connectivity index (χ3n) is 1.01. The van der Waals surface area contributed by atoms with Crippen molar-refractivity contribution >= 4 is 23.3 Å². The van der Waals surface area contributed by atoms with Gasteiger partial charge in [0.2, 0.25) is 5.95 Å². The summed E-state index contributed by atoms with van der Waals surface area (Å²) in [6, 6.07) is 1.38. The summed E-state index contributed by atoms with van der Waals surface area (Å²) in [5.41, 5.74) is 0.374. The molecule has 0 amide bonds. The molecular formula is C6H5N3OS. The van der Waals surface area contributed by atoms with E-state index >= 15 is 0 Å². The van der Waals surface area contributed by atoms with Crippen molar-refractivity contribution in [3.05, 3.63) is 22.1 Å². The second-order valence-corrected chi connectivity index (χ2v) is 2.10. The lowest BCUT2D eigenvalue weighted by Crippen LogP contribution is -2.05. The van der Waals surface area contributed by atoms with E-state index in [9.17, 15) is 4.79 Å². The molecule has 5 heteroatoms. The fourth-order valence-electron chi connectivity index (χ4n) is 0.659. The largest absolute Gasteiger partial charge is 0.290 e. The number of rotatable bonds is 1. The summed E-state index contributed by atoms with van der Waals surface area (Å²) >= 11 is 4.34. The van der Waals surface area contributed by atoms with Gasteiger partial charge in [-0.2, -0.15) is 4.99 Å². The molecule has 0 bridgehead atoms. The Labute approximate surface area is 68.0 Å². The number of aliphatic imine (C=N–C) groups is 1. The second kappa shape index (κ2) is 3.18. The highest BCUT2D eigenvalue weighted by Gasteiger charge is 1.92. The van der Waals surface area contributed by atoms with Crippen LogP contribution in [0.25, 0.3) is 0 Å². The van der Waals surface area contributed by atoms with E-state index in [1.807, 2.05) is 0 Å². The van der Waals surface area contributed by atoms with Gasteiger partial charge in [0.1, 0.15) is 0 Å². The summed E-state index contributed by atoms with van der Waals surface area (Å²) in [5.74, 6) is 0.199. The molecule has 1 heterocycles. The first kappa shape index (κ1) is 7.78. The number of hydrogen-bond donors (Lipinski definition) is 1. The van der Waals surface area contributed by atoms with Crippen LogP contribution in [-0.4, -0.2) is 15.1 Å². The zero-order chi connectivity index (χ0) is 8.27. The first-order valence-corrected chi connectivity index (χ1v) is 3.29. The molecule has 0 aliphatic heterocycles. The van der Waals surface area contributed by atoms with Crippen LogP contribution < -0.4 is 5.56 Å². The molecule has 0 aliphatic carbocycles. The molecule has 0 atom stereocenters. The molecule has 1 rings (SSSR count). The Kier molecular flexibility index (Phi) is 2.25. The number of aromatic amines is 1. The smallest absolute Gasteiger partial charge is 0.252 e. The Hall–Kier alpha value is -1.32. The van der Waals surface area contributed by atoms with Crippen molar-refractivity contribution in [1.29, 1.82) is 0 Å². The minimum Gasteiger partial charge on any atom is -0.290 e. The number of hydrogen-bond acceptors (Lipinski definition) is 4. The van der Waals surface area contributed by atoms with Crippen molar-refractivity contribution in [2.75, 3.05) is 0 Å². The van der Waals surface area contributed by atoms with Crippen molar-refractivity contribution < 1.29 is 0 Å². The van der Waals surface area contributed by atoms with E-state index < -0.39 is 0 Å². The van der Waals surface area contributed by atoms with Crippen LogP contribution in [0.15, 0.2) is 15.9 Å².